The molecule has 0 amide bonds. The predicted octanol–water partition coefficient (Wildman–Crippen LogP) is 3.53. The van der Waals surface area contributed by atoms with Crippen LogP contribution in [0.1, 0.15) is 79.3 Å². The first-order chi connectivity index (χ1) is 10.3. The molecule has 0 aliphatic rings. The standard InChI is InChI=1S/C16H28N.3CH4O.Ti/c1-14(2,3)11-10-12(15(4,5)6)17-13(11)16(7,8)9;3*1-2;/h17H,1-9H3;3*2H,1H3;/q-1;;;;. The number of aromatic nitrogens is 1. The van der Waals surface area contributed by atoms with Gasteiger partial charge in [-0.2, -0.15) is 5.56 Å². The van der Waals surface area contributed by atoms with Gasteiger partial charge in [0.2, 0.25) is 0 Å². The largest absolute Gasteiger partial charge is 0.454 e. The minimum atomic E-state index is 0. The third kappa shape index (κ3) is 10.7. The van der Waals surface area contributed by atoms with E-state index in [9.17, 15) is 0 Å². The number of rotatable bonds is 0. The summed E-state index contributed by atoms with van der Waals surface area (Å²) in [4.78, 5) is 3.61. The normalized spacial score (nSPS) is 10.8. The molecule has 0 fully saturated rings. The zero-order valence-corrected chi connectivity index (χ0v) is 19.4. The second kappa shape index (κ2) is 13.1. The van der Waals surface area contributed by atoms with Crippen molar-refractivity contribution in [2.24, 2.45) is 0 Å². The van der Waals surface area contributed by atoms with E-state index in [-0.39, 0.29) is 38.0 Å². The Bertz CT molecular complexity index is 376. The topological polar surface area (TPSA) is 76.5 Å². The van der Waals surface area contributed by atoms with Crippen LogP contribution in [-0.4, -0.2) is 41.6 Å². The Balaban J connectivity index is -0.000000256. The molecule has 0 saturated carbocycles. The molecule has 0 spiro atoms. The number of aliphatic hydroxyl groups is 3. The van der Waals surface area contributed by atoms with E-state index in [2.05, 4.69) is 73.4 Å². The third-order valence-electron chi connectivity index (χ3n) is 3.00. The van der Waals surface area contributed by atoms with Crippen molar-refractivity contribution < 1.29 is 37.0 Å². The molecular weight excluding hydrogens is 338 g/mol. The average molecular weight is 378 g/mol. The van der Waals surface area contributed by atoms with E-state index in [0.717, 1.165) is 21.3 Å². The molecule has 5 heteroatoms. The monoisotopic (exact) mass is 378 g/mol. The summed E-state index contributed by atoms with van der Waals surface area (Å²) < 4.78 is 0. The molecule has 0 aliphatic heterocycles. The molecule has 0 saturated heterocycles. The van der Waals surface area contributed by atoms with Crippen LogP contribution in [0.3, 0.4) is 0 Å². The zero-order chi connectivity index (χ0) is 19.6. The fourth-order valence-electron chi connectivity index (χ4n) is 1.91. The second-order valence-corrected chi connectivity index (χ2v) is 8.12. The molecule has 1 heterocycles. The molecule has 24 heavy (non-hydrogen) atoms. The van der Waals surface area contributed by atoms with Crippen LogP contribution in [0.2, 0.25) is 0 Å². The molecule has 0 unspecified atom stereocenters. The summed E-state index contributed by atoms with van der Waals surface area (Å²) in [6.07, 6.45) is 0. The number of H-pyrrole nitrogens is 1. The van der Waals surface area contributed by atoms with Crippen molar-refractivity contribution in [3.63, 3.8) is 0 Å². The van der Waals surface area contributed by atoms with Crippen LogP contribution in [-0.2, 0) is 38.0 Å². The van der Waals surface area contributed by atoms with Crippen LogP contribution < -0.4 is 0 Å². The molecule has 1 rings (SSSR count). The van der Waals surface area contributed by atoms with Gasteiger partial charge in [-0.1, -0.05) is 73.4 Å². The Kier molecular flexibility index (Phi) is 17.3. The van der Waals surface area contributed by atoms with Crippen LogP contribution in [0.15, 0.2) is 0 Å². The molecular formula is C19H40NO3Ti-. The van der Waals surface area contributed by atoms with E-state index in [1.54, 1.807) is 0 Å². The van der Waals surface area contributed by atoms with Crippen molar-refractivity contribution in [2.45, 2.75) is 78.6 Å². The van der Waals surface area contributed by atoms with Crippen molar-refractivity contribution in [1.82, 2.24) is 4.98 Å². The van der Waals surface area contributed by atoms with Crippen LogP contribution in [0.25, 0.3) is 0 Å². The van der Waals surface area contributed by atoms with E-state index in [4.69, 9.17) is 15.3 Å². The number of hydrogen-bond donors (Lipinski definition) is 4. The van der Waals surface area contributed by atoms with Crippen molar-refractivity contribution in [1.29, 1.82) is 0 Å². The summed E-state index contributed by atoms with van der Waals surface area (Å²) in [5, 5.41) is 21.0. The van der Waals surface area contributed by atoms with Gasteiger partial charge in [-0.25, -0.2) is 6.07 Å². The van der Waals surface area contributed by atoms with Crippen molar-refractivity contribution in [3.8, 4) is 0 Å². The summed E-state index contributed by atoms with van der Waals surface area (Å²) in [6, 6.07) is 3.61. The minimum Gasteiger partial charge on any atom is -0.454 e. The molecule has 0 bridgehead atoms. The molecule has 1 aromatic rings. The van der Waals surface area contributed by atoms with Gasteiger partial charge in [-0.15, -0.1) is 5.69 Å². The van der Waals surface area contributed by atoms with Crippen molar-refractivity contribution in [2.75, 3.05) is 21.3 Å². The number of nitrogens with one attached hydrogen (secondary N) is 1. The summed E-state index contributed by atoms with van der Waals surface area (Å²) in [6.45, 7) is 20.2. The number of aliphatic hydroxyl groups excluding tert-OH is 3. The molecule has 1 aromatic heterocycles. The van der Waals surface area contributed by atoms with Crippen molar-refractivity contribution in [3.05, 3.63) is 23.0 Å². The Morgan fingerprint density at radius 2 is 0.958 bits per heavy atom. The van der Waals surface area contributed by atoms with Gasteiger partial charge in [0.25, 0.3) is 0 Å². The smallest absolute Gasteiger partial charge is 0.0319 e. The van der Waals surface area contributed by atoms with Gasteiger partial charge in [0, 0.05) is 43.0 Å². The molecule has 0 radical (unpaired) electrons. The number of hydrogen-bond acceptors (Lipinski definition) is 3. The van der Waals surface area contributed by atoms with Gasteiger partial charge in [0.05, 0.1) is 0 Å². The molecule has 0 aliphatic carbocycles. The summed E-state index contributed by atoms with van der Waals surface area (Å²) in [7, 11) is 3.00. The Morgan fingerprint density at radius 3 is 1.12 bits per heavy atom. The Labute approximate surface area is 165 Å². The molecule has 4 nitrogen and oxygen atoms in total. The predicted molar refractivity (Wildman–Crippen MR) is 100 cm³/mol. The SMILES string of the molecule is CC(C)(C)c1[c-]c(C(C)(C)C)c(C(C)(C)C)[nH]1.CO.CO.CO.[Ti]. The first-order valence-electron chi connectivity index (χ1n) is 7.84. The first kappa shape index (κ1) is 31.6. The van der Waals surface area contributed by atoms with E-state index in [1.165, 1.54) is 17.0 Å². The second-order valence-electron chi connectivity index (χ2n) is 8.12. The van der Waals surface area contributed by atoms with E-state index in [1.807, 2.05) is 0 Å². The van der Waals surface area contributed by atoms with Gasteiger partial charge >= 0.3 is 0 Å². The van der Waals surface area contributed by atoms with Gasteiger partial charge in [0.1, 0.15) is 0 Å². The van der Waals surface area contributed by atoms with Crippen LogP contribution >= 0.6 is 0 Å². The Hall–Kier alpha value is -0.126. The maximum absolute atomic E-state index is 7.00. The van der Waals surface area contributed by atoms with Crippen LogP contribution in [0.4, 0.5) is 0 Å². The molecule has 4 N–H and O–H groups in total. The summed E-state index contributed by atoms with van der Waals surface area (Å²) in [5.41, 5.74) is 4.28. The third-order valence-corrected chi connectivity index (χ3v) is 3.00. The molecule has 0 atom stereocenters. The first-order valence-corrected chi connectivity index (χ1v) is 7.84. The van der Waals surface area contributed by atoms with Gasteiger partial charge < -0.3 is 20.3 Å². The van der Waals surface area contributed by atoms with Crippen molar-refractivity contribution >= 4 is 0 Å². The number of aromatic amines is 1. The van der Waals surface area contributed by atoms with Crippen LogP contribution in [0, 0.1) is 6.07 Å². The fraction of sp³-hybridized carbons (Fsp3) is 0.789. The van der Waals surface area contributed by atoms with E-state index >= 15 is 0 Å². The van der Waals surface area contributed by atoms with Gasteiger partial charge in [-0.3, -0.25) is 0 Å². The van der Waals surface area contributed by atoms with Crippen LogP contribution in [0.5, 0.6) is 0 Å². The minimum absolute atomic E-state index is 0. The quantitative estimate of drug-likeness (QED) is 0.412. The van der Waals surface area contributed by atoms with E-state index in [0.29, 0.717) is 0 Å². The molecule has 144 valence electrons. The summed E-state index contributed by atoms with van der Waals surface area (Å²) >= 11 is 0. The molecule has 0 aromatic carbocycles. The Morgan fingerprint density at radius 1 is 0.625 bits per heavy atom. The van der Waals surface area contributed by atoms with Gasteiger partial charge in [0.15, 0.2) is 0 Å². The average Bonchev–Trinajstić information content (AvgIpc) is 2.91. The maximum Gasteiger partial charge on any atom is 0.0319 e. The summed E-state index contributed by atoms with van der Waals surface area (Å²) in [5.74, 6) is 0. The zero-order valence-electron chi connectivity index (χ0n) is 17.8. The van der Waals surface area contributed by atoms with E-state index < -0.39 is 0 Å². The maximum atomic E-state index is 7.00. The fourth-order valence-corrected chi connectivity index (χ4v) is 1.91. The van der Waals surface area contributed by atoms with Gasteiger partial charge in [-0.05, 0) is 10.8 Å².